The molecule has 1 aliphatic rings. The Morgan fingerprint density at radius 2 is 2.00 bits per heavy atom. The van der Waals surface area contributed by atoms with E-state index in [0.717, 1.165) is 42.4 Å². The number of nitrogens with zero attached hydrogens (tertiary/aromatic N) is 5. The van der Waals surface area contributed by atoms with E-state index < -0.39 is 5.82 Å². The quantitative estimate of drug-likeness (QED) is 0.155. The van der Waals surface area contributed by atoms with Gasteiger partial charge in [0.1, 0.15) is 23.3 Å². The van der Waals surface area contributed by atoms with E-state index in [1.54, 1.807) is 25.4 Å². The van der Waals surface area contributed by atoms with Gasteiger partial charge in [0, 0.05) is 42.8 Å². The van der Waals surface area contributed by atoms with E-state index in [2.05, 4.69) is 26.8 Å². The number of aryl methyl sites for hydroxylation is 1. The lowest BCUT2D eigenvalue weighted by atomic mass is 9.87. The first-order chi connectivity index (χ1) is 20.8. The van der Waals surface area contributed by atoms with Crippen molar-refractivity contribution in [3.8, 4) is 11.5 Å². The summed E-state index contributed by atoms with van der Waals surface area (Å²) in [6.45, 7) is 5.29. The Hall–Kier alpha value is -4.70. The SMILES string of the molecule is C=CC(=O)C[C@H]1CC[C@@H](N)CC(c2ccc3ncnc(Nc4ccc(Oc5ccc6c(c5)ncn6C)c(C)c4F)c3n2)C1. The summed E-state index contributed by atoms with van der Waals surface area (Å²) in [5.74, 6) is 1.27. The Bertz CT molecular complexity index is 1840. The Kier molecular flexibility index (Phi) is 7.86. The number of halogens is 1. The van der Waals surface area contributed by atoms with E-state index in [1.165, 1.54) is 12.4 Å². The Morgan fingerprint density at radius 1 is 1.14 bits per heavy atom. The zero-order valence-electron chi connectivity index (χ0n) is 24.3. The fraction of sp³-hybridized carbons (Fsp3) is 0.303. The maximum Gasteiger partial charge on any atom is 0.160 e. The van der Waals surface area contributed by atoms with E-state index >= 15 is 4.39 Å². The number of pyridine rings is 1. The molecule has 6 rings (SSSR count). The van der Waals surface area contributed by atoms with Crippen LogP contribution in [0.2, 0.25) is 0 Å². The number of hydrogen-bond donors (Lipinski definition) is 2. The third-order valence-corrected chi connectivity index (χ3v) is 8.30. The molecule has 3 aromatic heterocycles. The van der Waals surface area contributed by atoms with Crippen molar-refractivity contribution in [2.75, 3.05) is 5.32 Å². The summed E-state index contributed by atoms with van der Waals surface area (Å²) in [4.78, 5) is 30.2. The minimum Gasteiger partial charge on any atom is -0.457 e. The summed E-state index contributed by atoms with van der Waals surface area (Å²) in [6, 6.07) is 12.8. The predicted octanol–water partition coefficient (Wildman–Crippen LogP) is 6.64. The lowest BCUT2D eigenvalue weighted by Gasteiger charge is -2.20. The molecule has 5 aromatic rings. The lowest BCUT2D eigenvalue weighted by molar-refractivity contribution is -0.115. The molecule has 0 spiro atoms. The normalized spacial score (nSPS) is 18.8. The van der Waals surface area contributed by atoms with Gasteiger partial charge < -0.3 is 20.4 Å². The molecule has 1 saturated carbocycles. The monoisotopic (exact) mass is 579 g/mol. The highest BCUT2D eigenvalue weighted by molar-refractivity contribution is 5.89. The molecule has 9 nitrogen and oxygen atoms in total. The number of allylic oxidation sites excluding steroid dienone is 1. The lowest BCUT2D eigenvalue weighted by Crippen LogP contribution is -2.21. The fourth-order valence-electron chi connectivity index (χ4n) is 5.93. The second kappa shape index (κ2) is 11.9. The van der Waals surface area contributed by atoms with Gasteiger partial charge in [-0.3, -0.25) is 4.79 Å². The van der Waals surface area contributed by atoms with Crippen LogP contribution in [-0.2, 0) is 11.8 Å². The van der Waals surface area contributed by atoms with Crippen LogP contribution in [0.1, 0.15) is 49.3 Å². The van der Waals surface area contributed by atoms with E-state index in [4.69, 9.17) is 15.5 Å². The number of benzene rings is 2. The van der Waals surface area contributed by atoms with Gasteiger partial charge in [-0.15, -0.1) is 0 Å². The van der Waals surface area contributed by atoms with Crippen molar-refractivity contribution in [3.63, 3.8) is 0 Å². The van der Waals surface area contributed by atoms with E-state index in [9.17, 15) is 4.79 Å². The number of anilines is 2. The molecule has 1 fully saturated rings. The fourth-order valence-corrected chi connectivity index (χ4v) is 5.93. The number of nitrogens with two attached hydrogens (primary N) is 1. The van der Waals surface area contributed by atoms with Crippen molar-refractivity contribution in [2.45, 2.75) is 51.0 Å². The number of imidazole rings is 1. The summed E-state index contributed by atoms with van der Waals surface area (Å²) in [7, 11) is 1.93. The number of carbonyl (C=O) groups excluding carboxylic acids is 1. The second-order valence-electron chi connectivity index (χ2n) is 11.4. The first kappa shape index (κ1) is 28.4. The molecule has 3 N–H and O–H groups in total. The number of nitrogens with one attached hydrogen (secondary N) is 1. The number of carbonyl (C=O) groups is 1. The summed E-state index contributed by atoms with van der Waals surface area (Å²) < 4.78 is 23.6. The summed E-state index contributed by atoms with van der Waals surface area (Å²) in [5, 5.41) is 3.13. The summed E-state index contributed by atoms with van der Waals surface area (Å²) >= 11 is 0. The van der Waals surface area contributed by atoms with Crippen molar-refractivity contribution in [1.82, 2.24) is 24.5 Å². The zero-order chi connectivity index (χ0) is 30.1. The maximum atomic E-state index is 15.7. The van der Waals surface area contributed by atoms with E-state index in [-0.39, 0.29) is 29.3 Å². The number of ketones is 1. The van der Waals surface area contributed by atoms with Crippen LogP contribution in [0.4, 0.5) is 15.9 Å². The smallest absolute Gasteiger partial charge is 0.160 e. The zero-order valence-corrected chi connectivity index (χ0v) is 24.3. The van der Waals surface area contributed by atoms with Crippen molar-refractivity contribution in [1.29, 1.82) is 0 Å². The summed E-state index contributed by atoms with van der Waals surface area (Å²) in [5.41, 5.74) is 10.8. The second-order valence-corrected chi connectivity index (χ2v) is 11.4. The minimum absolute atomic E-state index is 0.0274. The van der Waals surface area contributed by atoms with Crippen LogP contribution in [0.15, 0.2) is 67.8 Å². The van der Waals surface area contributed by atoms with E-state index in [1.807, 2.05) is 41.9 Å². The molecule has 10 heteroatoms. The molecule has 0 aliphatic heterocycles. The molecule has 2 aromatic carbocycles. The Balaban J connectivity index is 1.26. The molecule has 0 radical (unpaired) electrons. The minimum atomic E-state index is -0.455. The van der Waals surface area contributed by atoms with Crippen molar-refractivity contribution < 1.29 is 13.9 Å². The van der Waals surface area contributed by atoms with Gasteiger partial charge >= 0.3 is 0 Å². The van der Waals surface area contributed by atoms with Gasteiger partial charge in [-0.25, -0.2) is 24.3 Å². The van der Waals surface area contributed by atoms with Gasteiger partial charge in [-0.2, -0.15) is 0 Å². The number of aromatic nitrogens is 5. The molecular formula is C33H34FN7O2. The number of fused-ring (bicyclic) bond motifs is 2. The van der Waals surface area contributed by atoms with Crippen LogP contribution in [0, 0.1) is 18.7 Å². The predicted molar refractivity (Wildman–Crippen MR) is 165 cm³/mol. The van der Waals surface area contributed by atoms with Crippen molar-refractivity contribution in [2.24, 2.45) is 18.7 Å². The van der Waals surface area contributed by atoms with Crippen molar-refractivity contribution in [3.05, 3.63) is 84.8 Å². The average molecular weight is 580 g/mol. The third-order valence-electron chi connectivity index (χ3n) is 8.30. The molecule has 1 unspecified atom stereocenters. The average Bonchev–Trinajstić information content (AvgIpc) is 3.27. The molecule has 0 amide bonds. The number of hydrogen-bond acceptors (Lipinski definition) is 8. The first-order valence-electron chi connectivity index (χ1n) is 14.5. The molecular weight excluding hydrogens is 545 g/mol. The van der Waals surface area contributed by atoms with Crippen molar-refractivity contribution >= 4 is 39.4 Å². The highest BCUT2D eigenvalue weighted by Gasteiger charge is 2.27. The molecule has 220 valence electrons. The molecule has 43 heavy (non-hydrogen) atoms. The van der Waals surface area contributed by atoms with Crippen LogP contribution in [0.3, 0.4) is 0 Å². The topological polar surface area (TPSA) is 121 Å². The van der Waals surface area contributed by atoms with Crippen LogP contribution in [0.5, 0.6) is 11.5 Å². The van der Waals surface area contributed by atoms with Crippen LogP contribution in [-0.4, -0.2) is 36.3 Å². The van der Waals surface area contributed by atoms with Gasteiger partial charge in [0.05, 0.1) is 28.6 Å². The summed E-state index contributed by atoms with van der Waals surface area (Å²) in [6.07, 6.45) is 8.38. The molecule has 3 atom stereocenters. The highest BCUT2D eigenvalue weighted by atomic mass is 19.1. The van der Waals surface area contributed by atoms with Gasteiger partial charge in [0.15, 0.2) is 17.4 Å². The van der Waals surface area contributed by atoms with E-state index in [0.29, 0.717) is 40.3 Å². The number of ether oxygens (including phenoxy) is 1. The van der Waals surface area contributed by atoms with Gasteiger partial charge in [-0.05, 0) is 81.0 Å². The molecule has 3 heterocycles. The van der Waals surface area contributed by atoms with Crippen LogP contribution in [0.25, 0.3) is 22.1 Å². The maximum absolute atomic E-state index is 15.7. The van der Waals surface area contributed by atoms with Gasteiger partial charge in [0.25, 0.3) is 0 Å². The van der Waals surface area contributed by atoms with Gasteiger partial charge in [-0.1, -0.05) is 6.58 Å². The highest BCUT2D eigenvalue weighted by Crippen LogP contribution is 2.37. The van der Waals surface area contributed by atoms with Crippen LogP contribution >= 0.6 is 0 Å². The Labute approximate surface area is 249 Å². The van der Waals surface area contributed by atoms with Crippen LogP contribution < -0.4 is 15.8 Å². The van der Waals surface area contributed by atoms with Gasteiger partial charge in [0.2, 0.25) is 0 Å². The molecule has 0 saturated heterocycles. The molecule has 0 bridgehead atoms. The Morgan fingerprint density at radius 3 is 2.84 bits per heavy atom. The third kappa shape index (κ3) is 5.96. The number of rotatable bonds is 8. The molecule has 1 aliphatic carbocycles. The first-order valence-corrected chi connectivity index (χ1v) is 14.5. The standard InChI is InChI=1S/C33H34FN7O2/c1-4-23(42)14-20-5-6-22(35)15-21(13-20)25-8-9-27-32(39-25)33(37-17-36-27)40-26-10-12-30(19(2)31(26)34)43-24-7-11-29-28(16-24)38-18-41(29)3/h4,7-12,16-18,20-22H,1,5-6,13-15,35H2,2-3H3,(H,36,37,40)/t20-,21?,22+/m0/s1. The largest absolute Gasteiger partial charge is 0.457 e.